The van der Waals surface area contributed by atoms with Crippen LogP contribution >= 0.6 is 11.8 Å². The molecule has 3 rings (SSSR count). The summed E-state index contributed by atoms with van der Waals surface area (Å²) >= 11 is 0.480. The first-order chi connectivity index (χ1) is 11.1. The Kier molecular flexibility index (Phi) is 4.81. The highest BCUT2D eigenvalue weighted by molar-refractivity contribution is 7.99. The standard InChI is InChI=1S/C17H15F2NO2S/c18-17(19)23-14-7-5-13(6-8-14)20-16(21)12-9-11-3-1-2-4-15(11)22-10-12/h1-8,12,17H,9-10H2,(H,20,21)/t12-/m1/s1. The Morgan fingerprint density at radius 1 is 1.17 bits per heavy atom. The highest BCUT2D eigenvalue weighted by Gasteiger charge is 2.25. The number of fused-ring (bicyclic) bond motifs is 1. The summed E-state index contributed by atoms with van der Waals surface area (Å²) in [6.07, 6.45) is 0.626. The van der Waals surface area contributed by atoms with Gasteiger partial charge in [0.25, 0.3) is 5.76 Å². The first-order valence-electron chi connectivity index (χ1n) is 7.18. The number of thioether (sulfide) groups is 1. The predicted molar refractivity (Wildman–Crippen MR) is 86.1 cm³/mol. The summed E-state index contributed by atoms with van der Waals surface area (Å²) in [4.78, 5) is 12.8. The smallest absolute Gasteiger partial charge is 0.288 e. The van der Waals surface area contributed by atoms with Crippen LogP contribution in [0.3, 0.4) is 0 Å². The maximum absolute atomic E-state index is 12.3. The lowest BCUT2D eigenvalue weighted by Crippen LogP contribution is -2.32. The lowest BCUT2D eigenvalue weighted by Gasteiger charge is -2.24. The maximum atomic E-state index is 12.3. The fraction of sp³-hybridized carbons (Fsp3) is 0.235. The summed E-state index contributed by atoms with van der Waals surface area (Å²) in [5.41, 5.74) is 1.61. The number of alkyl halides is 2. The number of rotatable bonds is 4. The molecule has 0 radical (unpaired) electrons. The molecule has 3 nitrogen and oxygen atoms in total. The van der Waals surface area contributed by atoms with Crippen molar-refractivity contribution in [3.63, 3.8) is 0 Å². The highest BCUT2D eigenvalue weighted by atomic mass is 32.2. The largest absolute Gasteiger partial charge is 0.492 e. The van der Waals surface area contributed by atoms with Crippen LogP contribution in [0.15, 0.2) is 53.4 Å². The van der Waals surface area contributed by atoms with Gasteiger partial charge in [0.1, 0.15) is 12.4 Å². The second-order valence-electron chi connectivity index (χ2n) is 5.21. The minimum atomic E-state index is -2.45. The number of benzene rings is 2. The zero-order valence-corrected chi connectivity index (χ0v) is 13.0. The van der Waals surface area contributed by atoms with Gasteiger partial charge in [-0.3, -0.25) is 4.79 Å². The van der Waals surface area contributed by atoms with Crippen LogP contribution in [0.4, 0.5) is 14.5 Å². The van der Waals surface area contributed by atoms with E-state index < -0.39 is 5.76 Å². The van der Waals surface area contributed by atoms with Crippen molar-refractivity contribution >= 4 is 23.4 Å². The Morgan fingerprint density at radius 2 is 1.91 bits per heavy atom. The molecule has 0 spiro atoms. The predicted octanol–water partition coefficient (Wildman–Crippen LogP) is 4.19. The van der Waals surface area contributed by atoms with E-state index >= 15 is 0 Å². The number of halogens is 2. The quantitative estimate of drug-likeness (QED) is 0.852. The van der Waals surface area contributed by atoms with Crippen LogP contribution in [0.2, 0.25) is 0 Å². The van der Waals surface area contributed by atoms with Crippen LogP contribution in [0.25, 0.3) is 0 Å². The first kappa shape index (κ1) is 15.8. The van der Waals surface area contributed by atoms with Crippen LogP contribution < -0.4 is 10.1 Å². The van der Waals surface area contributed by atoms with Crippen molar-refractivity contribution in [1.82, 2.24) is 0 Å². The van der Waals surface area contributed by atoms with Gasteiger partial charge in [0, 0.05) is 10.6 Å². The number of anilines is 1. The molecular weight excluding hydrogens is 320 g/mol. The number of nitrogens with one attached hydrogen (secondary N) is 1. The van der Waals surface area contributed by atoms with Gasteiger partial charge in [-0.1, -0.05) is 30.0 Å². The molecule has 6 heteroatoms. The Labute approximate surface area is 137 Å². The average molecular weight is 335 g/mol. The molecule has 0 aromatic heterocycles. The van der Waals surface area contributed by atoms with E-state index in [4.69, 9.17) is 4.74 Å². The van der Waals surface area contributed by atoms with Crippen LogP contribution in [-0.4, -0.2) is 18.3 Å². The maximum Gasteiger partial charge on any atom is 0.288 e. The molecule has 2 aromatic carbocycles. The molecule has 23 heavy (non-hydrogen) atoms. The number of para-hydroxylation sites is 1. The summed E-state index contributed by atoms with van der Waals surface area (Å²) in [5.74, 6) is -2.02. The van der Waals surface area contributed by atoms with E-state index in [0.29, 0.717) is 35.4 Å². The molecule has 1 heterocycles. The van der Waals surface area contributed by atoms with E-state index in [1.165, 1.54) is 0 Å². The normalized spacial score (nSPS) is 16.6. The zero-order valence-electron chi connectivity index (χ0n) is 12.2. The van der Waals surface area contributed by atoms with Crippen molar-refractivity contribution in [3.8, 4) is 5.75 Å². The van der Waals surface area contributed by atoms with Gasteiger partial charge in [-0.25, -0.2) is 0 Å². The zero-order chi connectivity index (χ0) is 16.2. The SMILES string of the molecule is O=C(Nc1ccc(SC(F)F)cc1)[C@H]1COc2ccccc2C1. The first-order valence-corrected chi connectivity index (χ1v) is 8.06. The van der Waals surface area contributed by atoms with E-state index in [9.17, 15) is 13.6 Å². The molecule has 0 unspecified atom stereocenters. The van der Waals surface area contributed by atoms with Crippen molar-refractivity contribution < 1.29 is 18.3 Å². The third kappa shape index (κ3) is 4.01. The number of carbonyl (C=O) groups is 1. The molecule has 0 bridgehead atoms. The molecule has 2 aromatic rings. The third-order valence-corrected chi connectivity index (χ3v) is 4.32. The van der Waals surface area contributed by atoms with E-state index in [1.807, 2.05) is 24.3 Å². The molecule has 1 aliphatic rings. The average Bonchev–Trinajstić information content (AvgIpc) is 2.55. The Bertz CT molecular complexity index is 691. The fourth-order valence-electron chi connectivity index (χ4n) is 2.46. The molecular formula is C17H15F2NO2S. The molecule has 0 aliphatic carbocycles. The van der Waals surface area contributed by atoms with Crippen molar-refractivity contribution in [2.75, 3.05) is 11.9 Å². The van der Waals surface area contributed by atoms with E-state index in [0.717, 1.165) is 11.3 Å². The Morgan fingerprint density at radius 3 is 2.65 bits per heavy atom. The molecule has 0 fully saturated rings. The number of ether oxygens (including phenoxy) is 1. The molecule has 0 saturated heterocycles. The van der Waals surface area contributed by atoms with Crippen LogP contribution in [0.1, 0.15) is 5.56 Å². The van der Waals surface area contributed by atoms with E-state index in [1.54, 1.807) is 24.3 Å². The van der Waals surface area contributed by atoms with Gasteiger partial charge in [0.15, 0.2) is 0 Å². The van der Waals surface area contributed by atoms with Crippen LogP contribution in [-0.2, 0) is 11.2 Å². The molecule has 0 saturated carbocycles. The summed E-state index contributed by atoms with van der Waals surface area (Å²) in [6.45, 7) is 0.335. The van der Waals surface area contributed by atoms with Crippen molar-refractivity contribution in [2.24, 2.45) is 5.92 Å². The van der Waals surface area contributed by atoms with Gasteiger partial charge in [0.2, 0.25) is 5.91 Å². The Hall–Kier alpha value is -2.08. The monoisotopic (exact) mass is 335 g/mol. The van der Waals surface area contributed by atoms with Gasteiger partial charge < -0.3 is 10.1 Å². The summed E-state index contributed by atoms with van der Waals surface area (Å²) < 4.78 is 30.2. The summed E-state index contributed by atoms with van der Waals surface area (Å²) in [5, 5.41) is 2.81. The van der Waals surface area contributed by atoms with Crippen LogP contribution in [0.5, 0.6) is 5.75 Å². The lowest BCUT2D eigenvalue weighted by molar-refractivity contribution is -0.121. The van der Waals surface area contributed by atoms with Gasteiger partial charge in [-0.2, -0.15) is 8.78 Å². The number of hydrogen-bond donors (Lipinski definition) is 1. The second kappa shape index (κ2) is 7.00. The molecule has 1 amide bonds. The topological polar surface area (TPSA) is 38.3 Å². The Balaban J connectivity index is 1.61. The molecule has 1 atom stereocenters. The lowest BCUT2D eigenvalue weighted by atomic mass is 9.96. The fourth-order valence-corrected chi connectivity index (χ4v) is 2.96. The van der Waals surface area contributed by atoms with Crippen LogP contribution in [0, 0.1) is 5.92 Å². The van der Waals surface area contributed by atoms with Gasteiger partial charge in [-0.15, -0.1) is 0 Å². The highest BCUT2D eigenvalue weighted by Crippen LogP contribution is 2.28. The second-order valence-corrected chi connectivity index (χ2v) is 6.28. The summed E-state index contributed by atoms with van der Waals surface area (Å²) in [6, 6.07) is 14.0. The van der Waals surface area contributed by atoms with Gasteiger partial charge in [-0.05, 0) is 42.3 Å². The number of carbonyl (C=O) groups excluding carboxylic acids is 1. The van der Waals surface area contributed by atoms with E-state index in [-0.39, 0.29) is 11.8 Å². The van der Waals surface area contributed by atoms with Gasteiger partial charge in [0.05, 0.1) is 5.92 Å². The third-order valence-electron chi connectivity index (χ3n) is 3.60. The number of amides is 1. The number of hydrogen-bond acceptors (Lipinski definition) is 3. The summed E-state index contributed by atoms with van der Waals surface area (Å²) in [7, 11) is 0. The van der Waals surface area contributed by atoms with E-state index in [2.05, 4.69) is 5.32 Å². The van der Waals surface area contributed by atoms with Gasteiger partial charge >= 0.3 is 0 Å². The molecule has 1 aliphatic heterocycles. The molecule has 120 valence electrons. The van der Waals surface area contributed by atoms with Crippen molar-refractivity contribution in [3.05, 3.63) is 54.1 Å². The minimum absolute atomic E-state index is 0.131. The van der Waals surface area contributed by atoms with Crippen molar-refractivity contribution in [1.29, 1.82) is 0 Å². The minimum Gasteiger partial charge on any atom is -0.492 e. The van der Waals surface area contributed by atoms with Crippen molar-refractivity contribution in [2.45, 2.75) is 17.1 Å². The molecule has 1 N–H and O–H groups in total.